The zero-order chi connectivity index (χ0) is 19.6. The van der Waals surface area contributed by atoms with Crippen LogP contribution in [0.5, 0.6) is 0 Å². The van der Waals surface area contributed by atoms with E-state index in [9.17, 15) is 14.4 Å². The van der Waals surface area contributed by atoms with Crippen molar-refractivity contribution in [2.24, 2.45) is 0 Å². The van der Waals surface area contributed by atoms with Gasteiger partial charge in [0.15, 0.2) is 5.78 Å². The number of Topliss-reactive ketones (excluding diaryl/α,β-unsaturated/α-hetero) is 1. The molecule has 0 atom stereocenters. The van der Waals surface area contributed by atoms with E-state index in [1.165, 1.54) is 14.0 Å². The number of carbonyl (C=O) groups excluding carboxylic acids is 3. The first-order valence-corrected chi connectivity index (χ1v) is 8.36. The number of esters is 1. The fourth-order valence-corrected chi connectivity index (χ4v) is 3.08. The van der Waals surface area contributed by atoms with Crippen molar-refractivity contribution >= 4 is 34.3 Å². The second-order valence-corrected chi connectivity index (χ2v) is 6.13. The number of carbonyl (C=O) groups is 3. The predicted octanol–water partition coefficient (Wildman–Crippen LogP) is 3.04. The number of rotatable bonds is 5. The van der Waals surface area contributed by atoms with E-state index in [-0.39, 0.29) is 23.7 Å². The Bertz CT molecular complexity index is 1050. The van der Waals surface area contributed by atoms with Crippen LogP contribution in [0.25, 0.3) is 10.9 Å². The number of benzene rings is 1. The highest BCUT2D eigenvalue weighted by atomic mass is 16.5. The molecule has 0 aliphatic rings. The minimum Gasteiger partial charge on any atom is -0.465 e. The third-order valence-electron chi connectivity index (χ3n) is 4.31. The molecule has 0 aliphatic heterocycles. The van der Waals surface area contributed by atoms with E-state index in [4.69, 9.17) is 4.74 Å². The largest absolute Gasteiger partial charge is 0.465 e. The van der Waals surface area contributed by atoms with Crippen molar-refractivity contribution in [2.45, 2.75) is 20.3 Å². The number of fused-ring (bicyclic) bond motifs is 1. The third kappa shape index (κ3) is 3.57. The fraction of sp³-hybridized carbons (Fsp3) is 0.200. The number of pyridine rings is 1. The molecule has 0 bridgehead atoms. The van der Waals surface area contributed by atoms with Crippen LogP contribution in [0.4, 0.5) is 5.69 Å². The van der Waals surface area contributed by atoms with Gasteiger partial charge in [-0.15, -0.1) is 0 Å². The lowest BCUT2D eigenvalue weighted by molar-refractivity contribution is -0.115. The molecule has 0 spiro atoms. The molecular weight excluding hydrogens is 346 g/mol. The lowest BCUT2D eigenvalue weighted by Gasteiger charge is -2.08. The van der Waals surface area contributed by atoms with Crippen LogP contribution >= 0.6 is 0 Å². The Kier molecular flexibility index (Phi) is 5.03. The number of anilines is 1. The molecule has 3 rings (SSSR count). The Morgan fingerprint density at radius 3 is 2.63 bits per heavy atom. The van der Waals surface area contributed by atoms with Crippen LogP contribution < -0.4 is 5.32 Å². The molecule has 0 saturated heterocycles. The Hall–Kier alpha value is -3.48. The smallest absolute Gasteiger partial charge is 0.339 e. The maximum atomic E-state index is 12.6. The van der Waals surface area contributed by atoms with Gasteiger partial charge in [-0.3, -0.25) is 14.6 Å². The number of hydrogen-bond acceptors (Lipinski definition) is 5. The molecule has 138 valence electrons. The van der Waals surface area contributed by atoms with Crippen molar-refractivity contribution in [3.8, 4) is 0 Å². The maximum absolute atomic E-state index is 12.6. The summed E-state index contributed by atoms with van der Waals surface area (Å²) in [7, 11) is 1.26. The van der Waals surface area contributed by atoms with Gasteiger partial charge in [-0.25, -0.2) is 4.79 Å². The molecule has 0 unspecified atom stereocenters. The first kappa shape index (κ1) is 18.3. The Morgan fingerprint density at radius 1 is 1.19 bits per heavy atom. The number of amides is 1. The lowest BCUT2D eigenvalue weighted by Crippen LogP contribution is -2.17. The van der Waals surface area contributed by atoms with Crippen LogP contribution in [0, 0.1) is 6.92 Å². The van der Waals surface area contributed by atoms with E-state index in [0.29, 0.717) is 28.2 Å². The molecule has 2 heterocycles. The highest BCUT2D eigenvalue weighted by Gasteiger charge is 2.24. The summed E-state index contributed by atoms with van der Waals surface area (Å²) in [6.07, 6.45) is 1.54. The van der Waals surface area contributed by atoms with Crippen LogP contribution in [0.1, 0.15) is 39.0 Å². The number of ether oxygens (including phenoxy) is 1. The molecule has 1 aromatic carbocycles. The molecule has 27 heavy (non-hydrogen) atoms. The number of aromatic nitrogens is 2. The van der Waals surface area contributed by atoms with Crippen LogP contribution in [-0.4, -0.2) is 34.7 Å². The number of methoxy groups -OCH3 is 1. The van der Waals surface area contributed by atoms with Crippen LogP contribution in [-0.2, 0) is 16.0 Å². The van der Waals surface area contributed by atoms with E-state index in [2.05, 4.69) is 15.3 Å². The molecule has 0 aliphatic carbocycles. The zero-order valence-corrected chi connectivity index (χ0v) is 15.3. The average Bonchev–Trinajstić information content (AvgIpc) is 2.97. The summed E-state index contributed by atoms with van der Waals surface area (Å²) in [5, 5.41) is 3.72. The summed E-state index contributed by atoms with van der Waals surface area (Å²) in [6, 6.07) is 9.21. The molecule has 0 radical (unpaired) electrons. The van der Waals surface area contributed by atoms with Crippen LogP contribution in [0.3, 0.4) is 0 Å². The maximum Gasteiger partial charge on any atom is 0.339 e. The van der Waals surface area contributed by atoms with Gasteiger partial charge in [0.2, 0.25) is 5.91 Å². The molecule has 2 aromatic heterocycles. The average molecular weight is 365 g/mol. The minimum atomic E-state index is -0.592. The second kappa shape index (κ2) is 7.41. The van der Waals surface area contributed by atoms with E-state index in [0.717, 1.165) is 5.39 Å². The number of para-hydroxylation sites is 1. The normalized spacial score (nSPS) is 10.6. The first-order valence-electron chi connectivity index (χ1n) is 8.36. The second-order valence-electron chi connectivity index (χ2n) is 6.13. The van der Waals surface area contributed by atoms with E-state index in [1.54, 1.807) is 19.2 Å². The van der Waals surface area contributed by atoms with Gasteiger partial charge in [-0.05, 0) is 24.6 Å². The predicted molar refractivity (Wildman–Crippen MR) is 101 cm³/mol. The van der Waals surface area contributed by atoms with Gasteiger partial charge in [0.05, 0.1) is 36.0 Å². The molecular formula is C20H19N3O4. The van der Waals surface area contributed by atoms with Crippen LogP contribution in [0.15, 0.2) is 36.5 Å². The molecule has 1 amide bonds. The molecule has 3 aromatic rings. The van der Waals surface area contributed by atoms with Gasteiger partial charge in [0.1, 0.15) is 0 Å². The topological polar surface area (TPSA) is 101 Å². The summed E-state index contributed by atoms with van der Waals surface area (Å²) in [5.41, 5.74) is 2.58. The summed E-state index contributed by atoms with van der Waals surface area (Å²) < 4.78 is 4.80. The van der Waals surface area contributed by atoms with Crippen molar-refractivity contribution in [2.75, 3.05) is 12.4 Å². The van der Waals surface area contributed by atoms with Gasteiger partial charge >= 0.3 is 5.97 Å². The number of hydrogen-bond donors (Lipinski definition) is 2. The highest BCUT2D eigenvalue weighted by Crippen LogP contribution is 2.23. The molecule has 2 N–H and O–H groups in total. The minimum absolute atomic E-state index is 0.109. The summed E-state index contributed by atoms with van der Waals surface area (Å²) in [5.74, 6) is -1.15. The van der Waals surface area contributed by atoms with Gasteiger partial charge in [0, 0.05) is 24.2 Å². The van der Waals surface area contributed by atoms with E-state index >= 15 is 0 Å². The molecule has 0 fully saturated rings. The zero-order valence-electron chi connectivity index (χ0n) is 15.3. The standard InChI is InChI=1S/C20H19N3O4/c1-11-17(20(26)27-3)15(23-18(11)12(2)24)10-16(25)22-14-8-4-6-13-7-5-9-21-19(13)14/h4-9,23H,10H2,1-3H3,(H,22,25). The Labute approximate surface area is 155 Å². The van der Waals surface area contributed by atoms with Crippen molar-refractivity contribution in [3.63, 3.8) is 0 Å². The number of H-pyrrole nitrogens is 1. The van der Waals surface area contributed by atoms with Crippen molar-refractivity contribution < 1.29 is 19.1 Å². The van der Waals surface area contributed by atoms with Gasteiger partial charge in [-0.2, -0.15) is 0 Å². The van der Waals surface area contributed by atoms with Crippen molar-refractivity contribution in [3.05, 3.63) is 59.0 Å². The van der Waals surface area contributed by atoms with Crippen molar-refractivity contribution in [1.82, 2.24) is 9.97 Å². The van der Waals surface area contributed by atoms with E-state index in [1.807, 2.05) is 24.3 Å². The highest BCUT2D eigenvalue weighted by molar-refractivity contribution is 6.04. The Morgan fingerprint density at radius 2 is 1.93 bits per heavy atom. The summed E-state index contributed by atoms with van der Waals surface area (Å²) >= 11 is 0. The fourth-order valence-electron chi connectivity index (χ4n) is 3.08. The van der Waals surface area contributed by atoms with Crippen LogP contribution in [0.2, 0.25) is 0 Å². The number of nitrogens with zero attached hydrogens (tertiary/aromatic N) is 1. The number of ketones is 1. The summed E-state index contributed by atoms with van der Waals surface area (Å²) in [4.78, 5) is 43.7. The summed E-state index contributed by atoms with van der Waals surface area (Å²) in [6.45, 7) is 3.04. The molecule has 0 saturated carbocycles. The monoisotopic (exact) mass is 365 g/mol. The number of aromatic amines is 1. The molecule has 7 heteroatoms. The molecule has 7 nitrogen and oxygen atoms in total. The van der Waals surface area contributed by atoms with E-state index < -0.39 is 5.97 Å². The quantitative estimate of drug-likeness (QED) is 0.534. The van der Waals surface area contributed by atoms with Gasteiger partial charge in [-0.1, -0.05) is 18.2 Å². The van der Waals surface area contributed by atoms with Gasteiger partial charge in [0.25, 0.3) is 0 Å². The number of nitrogens with one attached hydrogen (secondary N) is 2. The SMILES string of the molecule is COC(=O)c1c(CC(=O)Nc2cccc3cccnc23)[nH]c(C(C)=O)c1C. The van der Waals surface area contributed by atoms with Crippen molar-refractivity contribution in [1.29, 1.82) is 0 Å². The first-order chi connectivity index (χ1) is 12.9. The van der Waals surface area contributed by atoms with Gasteiger partial charge < -0.3 is 15.0 Å². The lowest BCUT2D eigenvalue weighted by atomic mass is 10.1. The Balaban J connectivity index is 1.91. The third-order valence-corrected chi connectivity index (χ3v) is 4.31.